The van der Waals surface area contributed by atoms with Crippen LogP contribution >= 0.6 is 11.6 Å². The predicted octanol–water partition coefficient (Wildman–Crippen LogP) is 0.505. The molecule has 0 N–H and O–H groups in total. The summed E-state index contributed by atoms with van der Waals surface area (Å²) in [6, 6.07) is 0. The first-order chi connectivity index (χ1) is 4.91. The van der Waals surface area contributed by atoms with Gasteiger partial charge in [0.1, 0.15) is 0 Å². The van der Waals surface area contributed by atoms with Crippen LogP contribution in [0.4, 0.5) is 0 Å². The van der Waals surface area contributed by atoms with E-state index >= 15 is 0 Å². The molecule has 0 aliphatic carbocycles. The molecule has 0 radical (unpaired) electrons. The van der Waals surface area contributed by atoms with Gasteiger partial charge in [-0.3, -0.25) is 0 Å². The molecule has 3 nitrogen and oxygen atoms in total. The average Bonchev–Trinajstić information content (AvgIpc) is 2.11. The van der Waals surface area contributed by atoms with Gasteiger partial charge < -0.3 is 0 Å². The first-order valence-electron chi connectivity index (χ1n) is 3.50. The topological polar surface area (TPSA) is 37.4 Å². The van der Waals surface area contributed by atoms with Gasteiger partial charge in [-0.2, -0.15) is 0 Å². The number of hydrogen-bond acceptors (Lipinski definition) is 2. The van der Waals surface area contributed by atoms with Crippen molar-refractivity contribution in [3.63, 3.8) is 0 Å². The fourth-order valence-corrected chi connectivity index (χ4v) is 2.42. The zero-order valence-electron chi connectivity index (χ0n) is 6.62. The smallest absolute Gasteiger partial charge is 0.211 e. The lowest BCUT2D eigenvalue weighted by Crippen LogP contribution is -2.27. The first kappa shape index (κ1) is 9.29. The van der Waals surface area contributed by atoms with E-state index in [0.717, 1.165) is 0 Å². The highest BCUT2D eigenvalue weighted by molar-refractivity contribution is 7.88. The van der Waals surface area contributed by atoms with Gasteiger partial charge in [0.15, 0.2) is 0 Å². The normalized spacial score (nSPS) is 34.5. The Morgan fingerprint density at radius 2 is 2.00 bits per heavy atom. The van der Waals surface area contributed by atoms with Crippen molar-refractivity contribution in [1.82, 2.24) is 4.31 Å². The Bertz CT molecular complexity index is 229. The van der Waals surface area contributed by atoms with Crippen molar-refractivity contribution >= 4 is 21.6 Å². The second-order valence-electron chi connectivity index (χ2n) is 3.07. The van der Waals surface area contributed by atoms with Crippen LogP contribution in [0.15, 0.2) is 0 Å². The molecule has 1 aliphatic rings. The molecule has 11 heavy (non-hydrogen) atoms. The SMILES string of the molecule is CC1CN(S(C)(=O)=O)CC1Cl. The number of alkyl halides is 1. The van der Waals surface area contributed by atoms with Gasteiger partial charge in [-0.1, -0.05) is 6.92 Å². The molecule has 5 heteroatoms. The summed E-state index contributed by atoms with van der Waals surface area (Å²) in [4.78, 5) is 0. The summed E-state index contributed by atoms with van der Waals surface area (Å²) in [5, 5.41) is -0.0234. The minimum Gasteiger partial charge on any atom is -0.213 e. The molecule has 0 aromatic carbocycles. The third-order valence-corrected chi connectivity index (χ3v) is 3.76. The van der Waals surface area contributed by atoms with Crippen molar-refractivity contribution in [3.8, 4) is 0 Å². The second-order valence-corrected chi connectivity index (χ2v) is 5.62. The lowest BCUT2D eigenvalue weighted by molar-refractivity contribution is 0.469. The molecule has 1 aliphatic heterocycles. The standard InChI is InChI=1S/C6H12ClNO2S/c1-5-3-8(4-6(5)7)11(2,9)10/h5-6H,3-4H2,1-2H3. The maximum atomic E-state index is 11.0. The van der Waals surface area contributed by atoms with Crippen molar-refractivity contribution in [1.29, 1.82) is 0 Å². The molecule has 0 bridgehead atoms. The number of hydrogen-bond donors (Lipinski definition) is 0. The van der Waals surface area contributed by atoms with Crippen LogP contribution in [0.1, 0.15) is 6.92 Å². The van der Waals surface area contributed by atoms with Gasteiger partial charge in [-0.15, -0.1) is 11.6 Å². The van der Waals surface area contributed by atoms with Gasteiger partial charge in [0.05, 0.1) is 11.6 Å². The van der Waals surface area contributed by atoms with E-state index in [1.807, 2.05) is 6.92 Å². The summed E-state index contributed by atoms with van der Waals surface area (Å²) in [5.41, 5.74) is 0. The van der Waals surface area contributed by atoms with E-state index < -0.39 is 10.0 Å². The Kier molecular flexibility index (Phi) is 2.46. The van der Waals surface area contributed by atoms with Gasteiger partial charge in [0.25, 0.3) is 0 Å². The lowest BCUT2D eigenvalue weighted by atomic mass is 10.2. The van der Waals surface area contributed by atoms with Gasteiger partial charge >= 0.3 is 0 Å². The Morgan fingerprint density at radius 1 is 1.45 bits per heavy atom. The van der Waals surface area contributed by atoms with Gasteiger partial charge in [-0.05, 0) is 5.92 Å². The Balaban J connectivity index is 2.69. The van der Waals surface area contributed by atoms with Crippen LogP contribution < -0.4 is 0 Å². The number of sulfonamides is 1. The third-order valence-electron chi connectivity index (χ3n) is 1.96. The fraction of sp³-hybridized carbons (Fsp3) is 1.00. The molecule has 1 saturated heterocycles. The molecule has 0 saturated carbocycles. The molecule has 0 aromatic rings. The van der Waals surface area contributed by atoms with Gasteiger partial charge in [0.2, 0.25) is 10.0 Å². The summed E-state index contributed by atoms with van der Waals surface area (Å²) in [7, 11) is -3.02. The molecule has 0 amide bonds. The zero-order chi connectivity index (χ0) is 8.65. The fourth-order valence-electron chi connectivity index (χ4n) is 1.16. The van der Waals surface area contributed by atoms with E-state index in [1.165, 1.54) is 10.6 Å². The molecule has 1 fully saturated rings. The van der Waals surface area contributed by atoms with Gasteiger partial charge in [0, 0.05) is 13.1 Å². The first-order valence-corrected chi connectivity index (χ1v) is 5.79. The maximum absolute atomic E-state index is 11.0. The molecule has 2 unspecified atom stereocenters. The van der Waals surface area contributed by atoms with Crippen LogP contribution in [0.5, 0.6) is 0 Å². The van der Waals surface area contributed by atoms with Gasteiger partial charge in [-0.25, -0.2) is 12.7 Å². The Morgan fingerprint density at radius 3 is 2.18 bits per heavy atom. The van der Waals surface area contributed by atoms with Crippen LogP contribution in [0, 0.1) is 5.92 Å². The predicted molar refractivity (Wildman–Crippen MR) is 45.2 cm³/mol. The highest BCUT2D eigenvalue weighted by atomic mass is 35.5. The van der Waals surface area contributed by atoms with Crippen LogP contribution in [-0.4, -0.2) is 37.4 Å². The molecule has 2 atom stereocenters. The number of rotatable bonds is 1. The summed E-state index contributed by atoms with van der Waals surface area (Å²) in [6.07, 6.45) is 1.22. The molecule has 66 valence electrons. The van der Waals surface area contributed by atoms with Crippen LogP contribution in [0.2, 0.25) is 0 Å². The monoisotopic (exact) mass is 197 g/mol. The average molecular weight is 198 g/mol. The van der Waals surface area contributed by atoms with Crippen LogP contribution in [-0.2, 0) is 10.0 Å². The van der Waals surface area contributed by atoms with Crippen molar-refractivity contribution in [2.24, 2.45) is 5.92 Å². The summed E-state index contributed by atoms with van der Waals surface area (Å²) < 4.78 is 23.4. The molecule has 1 rings (SSSR count). The van der Waals surface area contributed by atoms with E-state index in [4.69, 9.17) is 11.6 Å². The number of nitrogens with zero attached hydrogens (tertiary/aromatic N) is 1. The summed E-state index contributed by atoms with van der Waals surface area (Å²) in [5.74, 6) is 0.270. The van der Waals surface area contributed by atoms with Crippen molar-refractivity contribution in [2.75, 3.05) is 19.3 Å². The van der Waals surface area contributed by atoms with Crippen molar-refractivity contribution < 1.29 is 8.42 Å². The summed E-state index contributed by atoms with van der Waals surface area (Å²) in [6.45, 7) is 2.98. The minimum absolute atomic E-state index is 0.0234. The minimum atomic E-state index is -3.02. The van der Waals surface area contributed by atoms with Crippen molar-refractivity contribution in [3.05, 3.63) is 0 Å². The highest BCUT2D eigenvalue weighted by Crippen LogP contribution is 2.22. The third kappa shape index (κ3) is 2.07. The van der Waals surface area contributed by atoms with Crippen LogP contribution in [0.3, 0.4) is 0 Å². The maximum Gasteiger partial charge on any atom is 0.211 e. The molecule has 1 heterocycles. The lowest BCUT2D eigenvalue weighted by Gasteiger charge is -2.10. The largest absolute Gasteiger partial charge is 0.213 e. The van der Waals surface area contributed by atoms with E-state index in [2.05, 4.69) is 0 Å². The quantitative estimate of drug-likeness (QED) is 0.575. The zero-order valence-corrected chi connectivity index (χ0v) is 8.19. The molecule has 0 spiro atoms. The van der Waals surface area contributed by atoms with Crippen molar-refractivity contribution in [2.45, 2.75) is 12.3 Å². The molecule has 0 aromatic heterocycles. The molecular formula is C6H12ClNO2S. The van der Waals surface area contributed by atoms with E-state index in [-0.39, 0.29) is 11.3 Å². The van der Waals surface area contributed by atoms with E-state index in [0.29, 0.717) is 13.1 Å². The number of halogens is 1. The summed E-state index contributed by atoms with van der Waals surface area (Å²) >= 11 is 5.86. The Labute approximate surface area is 72.4 Å². The van der Waals surface area contributed by atoms with E-state index in [1.54, 1.807) is 0 Å². The van der Waals surface area contributed by atoms with E-state index in [9.17, 15) is 8.42 Å². The molecular weight excluding hydrogens is 186 g/mol. The highest BCUT2D eigenvalue weighted by Gasteiger charge is 2.32. The second kappa shape index (κ2) is 2.92. The van der Waals surface area contributed by atoms with Crippen LogP contribution in [0.25, 0.3) is 0 Å². The Hall–Kier alpha value is 0.200.